The molecular formula is C15H21F3N2. The Kier molecular flexibility index (Phi) is 4.70. The van der Waals surface area contributed by atoms with Gasteiger partial charge in [0.25, 0.3) is 0 Å². The number of hydrogen-bond donors (Lipinski definition) is 1. The molecule has 20 heavy (non-hydrogen) atoms. The van der Waals surface area contributed by atoms with Gasteiger partial charge in [0.15, 0.2) is 0 Å². The van der Waals surface area contributed by atoms with Crippen LogP contribution in [0.15, 0.2) is 24.3 Å². The maximum atomic E-state index is 13.0. The molecule has 1 aromatic carbocycles. The molecule has 0 saturated carbocycles. The Morgan fingerprint density at radius 1 is 1.30 bits per heavy atom. The molecule has 2 nitrogen and oxygen atoms in total. The van der Waals surface area contributed by atoms with Gasteiger partial charge in [0.05, 0.1) is 5.56 Å². The zero-order chi connectivity index (χ0) is 14.8. The number of benzene rings is 1. The molecule has 1 heterocycles. The van der Waals surface area contributed by atoms with Crippen molar-refractivity contribution in [1.82, 2.24) is 10.2 Å². The molecule has 112 valence electrons. The summed E-state index contributed by atoms with van der Waals surface area (Å²) >= 11 is 0. The van der Waals surface area contributed by atoms with Crippen LogP contribution in [0, 0.1) is 5.92 Å². The molecule has 1 N–H and O–H groups in total. The second-order valence-electron chi connectivity index (χ2n) is 5.69. The molecule has 0 aliphatic carbocycles. The highest BCUT2D eigenvalue weighted by Crippen LogP contribution is 2.32. The Labute approximate surface area is 118 Å². The zero-order valence-electron chi connectivity index (χ0n) is 11.9. The Bertz CT molecular complexity index is 443. The second kappa shape index (κ2) is 6.14. The molecule has 1 saturated heterocycles. The van der Waals surface area contributed by atoms with Gasteiger partial charge < -0.3 is 5.32 Å². The summed E-state index contributed by atoms with van der Waals surface area (Å²) < 4.78 is 38.9. The van der Waals surface area contributed by atoms with Crippen molar-refractivity contribution in [3.05, 3.63) is 35.4 Å². The molecule has 1 atom stereocenters. The largest absolute Gasteiger partial charge is 0.416 e. The van der Waals surface area contributed by atoms with E-state index in [4.69, 9.17) is 0 Å². The number of halogens is 3. The average Bonchev–Trinajstić information content (AvgIpc) is 2.38. The van der Waals surface area contributed by atoms with Gasteiger partial charge in [-0.1, -0.05) is 32.0 Å². The minimum absolute atomic E-state index is 0.349. The van der Waals surface area contributed by atoms with Crippen molar-refractivity contribution >= 4 is 0 Å². The fourth-order valence-corrected chi connectivity index (χ4v) is 2.61. The maximum Gasteiger partial charge on any atom is 0.416 e. The van der Waals surface area contributed by atoms with Crippen molar-refractivity contribution in [2.75, 3.05) is 19.6 Å². The maximum absolute atomic E-state index is 13.0. The minimum atomic E-state index is -4.28. The summed E-state index contributed by atoms with van der Waals surface area (Å²) in [7, 11) is 0. The van der Waals surface area contributed by atoms with E-state index >= 15 is 0 Å². The molecule has 5 heteroatoms. The van der Waals surface area contributed by atoms with Gasteiger partial charge in [0, 0.05) is 32.2 Å². The van der Waals surface area contributed by atoms with E-state index in [-0.39, 0.29) is 0 Å². The lowest BCUT2D eigenvalue weighted by molar-refractivity contribution is -0.138. The number of rotatable bonds is 3. The lowest BCUT2D eigenvalue weighted by atomic mass is 10.0. The van der Waals surface area contributed by atoms with Crippen molar-refractivity contribution in [3.8, 4) is 0 Å². The van der Waals surface area contributed by atoms with Crippen molar-refractivity contribution < 1.29 is 13.2 Å². The molecule has 0 spiro atoms. The SMILES string of the molecule is CC(C)C1CN(Cc2ccccc2C(F)(F)F)CCN1. The van der Waals surface area contributed by atoms with Gasteiger partial charge in [0.2, 0.25) is 0 Å². The third kappa shape index (κ3) is 3.73. The number of piperazine rings is 1. The quantitative estimate of drug-likeness (QED) is 0.918. The summed E-state index contributed by atoms with van der Waals surface area (Å²) in [5, 5.41) is 3.42. The molecule has 0 radical (unpaired) electrons. The lowest BCUT2D eigenvalue weighted by Crippen LogP contribution is -2.52. The van der Waals surface area contributed by atoms with Gasteiger partial charge in [-0.25, -0.2) is 0 Å². The third-order valence-corrected chi connectivity index (χ3v) is 3.81. The van der Waals surface area contributed by atoms with Crippen molar-refractivity contribution in [2.45, 2.75) is 32.6 Å². The second-order valence-corrected chi connectivity index (χ2v) is 5.69. The summed E-state index contributed by atoms with van der Waals surface area (Å²) in [6.07, 6.45) is -4.28. The first-order chi connectivity index (χ1) is 9.38. The smallest absolute Gasteiger partial charge is 0.311 e. The summed E-state index contributed by atoms with van der Waals surface area (Å²) in [6, 6.07) is 6.21. The molecular weight excluding hydrogens is 265 g/mol. The van der Waals surface area contributed by atoms with Crippen molar-refractivity contribution in [1.29, 1.82) is 0 Å². The van der Waals surface area contributed by atoms with Crippen LogP contribution in [0.5, 0.6) is 0 Å². The Balaban J connectivity index is 2.10. The molecule has 0 aromatic heterocycles. The van der Waals surface area contributed by atoms with Crippen LogP contribution in [0.1, 0.15) is 25.0 Å². The standard InChI is InChI=1S/C15H21F3N2/c1-11(2)14-10-20(8-7-19-14)9-12-5-3-4-6-13(12)15(16,17)18/h3-6,11,14,19H,7-10H2,1-2H3. The van der Waals surface area contributed by atoms with Gasteiger partial charge in [-0.15, -0.1) is 0 Å². The first kappa shape index (κ1) is 15.3. The average molecular weight is 286 g/mol. The predicted molar refractivity (Wildman–Crippen MR) is 73.3 cm³/mol. The summed E-state index contributed by atoms with van der Waals surface area (Å²) in [5.74, 6) is 0.482. The van der Waals surface area contributed by atoms with E-state index in [9.17, 15) is 13.2 Å². The molecule has 1 aromatic rings. The Hall–Kier alpha value is -1.07. The highest BCUT2D eigenvalue weighted by atomic mass is 19.4. The van der Waals surface area contributed by atoms with Crippen LogP contribution in [-0.2, 0) is 12.7 Å². The first-order valence-electron chi connectivity index (χ1n) is 6.99. The van der Waals surface area contributed by atoms with E-state index in [0.717, 1.165) is 25.7 Å². The van der Waals surface area contributed by atoms with Gasteiger partial charge in [-0.2, -0.15) is 13.2 Å². The molecule has 0 bridgehead atoms. The van der Waals surface area contributed by atoms with Crippen molar-refractivity contribution in [2.24, 2.45) is 5.92 Å². The van der Waals surface area contributed by atoms with E-state index in [1.165, 1.54) is 6.07 Å². The van der Waals surface area contributed by atoms with E-state index in [2.05, 4.69) is 24.1 Å². The molecule has 1 aliphatic rings. The topological polar surface area (TPSA) is 15.3 Å². The highest BCUT2D eigenvalue weighted by Gasteiger charge is 2.33. The summed E-state index contributed by atoms with van der Waals surface area (Å²) in [5.41, 5.74) is -0.149. The predicted octanol–water partition coefficient (Wildman–Crippen LogP) is 3.14. The summed E-state index contributed by atoms with van der Waals surface area (Å²) in [4.78, 5) is 2.10. The van der Waals surface area contributed by atoms with Crippen LogP contribution < -0.4 is 5.32 Å². The van der Waals surface area contributed by atoms with Gasteiger partial charge in [-0.3, -0.25) is 4.90 Å². The number of nitrogens with zero attached hydrogens (tertiary/aromatic N) is 1. The number of hydrogen-bond acceptors (Lipinski definition) is 2. The van der Waals surface area contributed by atoms with Crippen molar-refractivity contribution in [3.63, 3.8) is 0 Å². The molecule has 0 amide bonds. The van der Waals surface area contributed by atoms with E-state index < -0.39 is 11.7 Å². The van der Waals surface area contributed by atoms with Crippen LogP contribution in [0.4, 0.5) is 13.2 Å². The third-order valence-electron chi connectivity index (χ3n) is 3.81. The lowest BCUT2D eigenvalue weighted by Gasteiger charge is -2.36. The van der Waals surface area contributed by atoms with Gasteiger partial charge in [0.1, 0.15) is 0 Å². The van der Waals surface area contributed by atoms with E-state index in [0.29, 0.717) is 24.1 Å². The zero-order valence-corrected chi connectivity index (χ0v) is 11.9. The monoisotopic (exact) mass is 286 g/mol. The highest BCUT2D eigenvalue weighted by molar-refractivity contribution is 5.29. The number of nitrogens with one attached hydrogen (secondary N) is 1. The first-order valence-corrected chi connectivity index (χ1v) is 6.99. The normalized spacial score (nSPS) is 21.4. The molecule has 1 unspecified atom stereocenters. The fourth-order valence-electron chi connectivity index (χ4n) is 2.61. The molecule has 1 fully saturated rings. The van der Waals surface area contributed by atoms with Crippen LogP contribution in [0.2, 0.25) is 0 Å². The molecule has 2 rings (SSSR count). The molecule has 1 aliphatic heterocycles. The number of alkyl halides is 3. The Morgan fingerprint density at radius 3 is 2.65 bits per heavy atom. The van der Waals surface area contributed by atoms with E-state index in [1.54, 1.807) is 12.1 Å². The van der Waals surface area contributed by atoms with Gasteiger partial charge >= 0.3 is 6.18 Å². The van der Waals surface area contributed by atoms with Crippen LogP contribution in [-0.4, -0.2) is 30.6 Å². The fraction of sp³-hybridized carbons (Fsp3) is 0.600. The van der Waals surface area contributed by atoms with Crippen LogP contribution >= 0.6 is 0 Å². The Morgan fingerprint density at radius 2 is 2.00 bits per heavy atom. The minimum Gasteiger partial charge on any atom is -0.311 e. The van der Waals surface area contributed by atoms with E-state index in [1.807, 2.05) is 0 Å². The van der Waals surface area contributed by atoms with Crippen LogP contribution in [0.25, 0.3) is 0 Å². The summed E-state index contributed by atoms with van der Waals surface area (Å²) in [6.45, 7) is 7.03. The van der Waals surface area contributed by atoms with Crippen LogP contribution in [0.3, 0.4) is 0 Å². The van der Waals surface area contributed by atoms with Gasteiger partial charge in [-0.05, 0) is 17.5 Å².